The van der Waals surface area contributed by atoms with Crippen LogP contribution in [0.5, 0.6) is 5.75 Å². The molecule has 0 saturated carbocycles. The van der Waals surface area contributed by atoms with Crippen LogP contribution in [0.25, 0.3) is 5.65 Å². The van der Waals surface area contributed by atoms with Gasteiger partial charge in [-0.2, -0.15) is 0 Å². The highest BCUT2D eigenvalue weighted by molar-refractivity contribution is 5.95. The van der Waals surface area contributed by atoms with E-state index in [0.29, 0.717) is 35.9 Å². The number of ether oxygens (including phenoxy) is 1. The molecule has 2 aromatic heterocycles. The Bertz CT molecular complexity index is 981. The molecule has 0 aliphatic heterocycles. The number of rotatable bonds is 6. The van der Waals surface area contributed by atoms with E-state index in [1.54, 1.807) is 23.6 Å². The Morgan fingerprint density at radius 1 is 1.30 bits per heavy atom. The van der Waals surface area contributed by atoms with Crippen molar-refractivity contribution in [2.24, 2.45) is 5.73 Å². The van der Waals surface area contributed by atoms with Crippen LogP contribution in [-0.4, -0.2) is 28.4 Å². The summed E-state index contributed by atoms with van der Waals surface area (Å²) in [5.74, 6) is -1.33. The fourth-order valence-corrected chi connectivity index (χ4v) is 2.83. The maximum absolute atomic E-state index is 13.8. The van der Waals surface area contributed by atoms with E-state index in [0.717, 1.165) is 5.56 Å². The van der Waals surface area contributed by atoms with Gasteiger partial charge in [-0.05, 0) is 37.6 Å². The monoisotopic (exact) mass is 374 g/mol. The molecule has 0 saturated heterocycles. The normalized spacial score (nSPS) is 11.0. The highest BCUT2D eigenvalue weighted by atomic mass is 19.1. The highest BCUT2D eigenvalue weighted by Crippen LogP contribution is 2.25. The molecule has 0 bridgehead atoms. The molecule has 0 atom stereocenters. The van der Waals surface area contributed by atoms with Crippen LogP contribution >= 0.6 is 0 Å². The third-order valence-corrected chi connectivity index (χ3v) is 4.08. The van der Waals surface area contributed by atoms with Crippen LogP contribution in [0.15, 0.2) is 30.5 Å². The lowest BCUT2D eigenvalue weighted by Gasteiger charge is -2.11. The third kappa shape index (κ3) is 3.75. The zero-order chi connectivity index (χ0) is 19.6. The molecule has 3 aromatic rings. The number of nitrogens with two attached hydrogens (primary N) is 1. The number of carbonyl (C=O) groups excluding carboxylic acids is 1. The predicted molar refractivity (Wildman–Crippen MR) is 96.7 cm³/mol. The molecule has 3 N–H and O–H groups in total. The smallest absolute Gasteiger partial charge is 0.270 e. The second kappa shape index (κ2) is 7.71. The summed E-state index contributed by atoms with van der Waals surface area (Å²) in [7, 11) is 0. The van der Waals surface area contributed by atoms with Crippen molar-refractivity contribution in [2.75, 3.05) is 13.1 Å². The van der Waals surface area contributed by atoms with Crippen LogP contribution in [-0.2, 0) is 6.61 Å². The zero-order valence-corrected chi connectivity index (χ0v) is 15.1. The molecule has 2 heterocycles. The first-order valence-electron chi connectivity index (χ1n) is 8.45. The summed E-state index contributed by atoms with van der Waals surface area (Å²) in [6.45, 7) is 3.90. The summed E-state index contributed by atoms with van der Waals surface area (Å²) in [5.41, 5.74) is 7.34. The molecule has 27 heavy (non-hydrogen) atoms. The highest BCUT2D eigenvalue weighted by Gasteiger charge is 2.20. The third-order valence-electron chi connectivity index (χ3n) is 4.08. The molecule has 0 aliphatic rings. The quantitative estimate of drug-likeness (QED) is 0.695. The Morgan fingerprint density at radius 2 is 2.00 bits per heavy atom. The van der Waals surface area contributed by atoms with Gasteiger partial charge in [0.15, 0.2) is 11.4 Å². The van der Waals surface area contributed by atoms with Gasteiger partial charge in [0.2, 0.25) is 0 Å². The summed E-state index contributed by atoms with van der Waals surface area (Å²) >= 11 is 0. The van der Waals surface area contributed by atoms with Gasteiger partial charge >= 0.3 is 0 Å². The zero-order valence-electron chi connectivity index (χ0n) is 15.1. The lowest BCUT2D eigenvalue weighted by Crippen LogP contribution is -2.30. The van der Waals surface area contributed by atoms with Crippen molar-refractivity contribution in [1.29, 1.82) is 0 Å². The number of halogens is 2. The van der Waals surface area contributed by atoms with Crippen molar-refractivity contribution >= 4 is 11.6 Å². The topological polar surface area (TPSA) is 81.6 Å². The SMILES string of the molecule is Cc1cc(OCc2c(F)cccc2F)c2nc(C)c(C(=O)NCCN)n2c1. The lowest BCUT2D eigenvalue weighted by atomic mass is 10.2. The van der Waals surface area contributed by atoms with E-state index in [-0.39, 0.29) is 18.1 Å². The maximum Gasteiger partial charge on any atom is 0.270 e. The first-order chi connectivity index (χ1) is 12.9. The van der Waals surface area contributed by atoms with Gasteiger partial charge in [0.1, 0.15) is 23.9 Å². The van der Waals surface area contributed by atoms with E-state index >= 15 is 0 Å². The second-order valence-corrected chi connectivity index (χ2v) is 6.15. The molecular formula is C19H20F2N4O2. The van der Waals surface area contributed by atoms with Crippen LogP contribution in [0.2, 0.25) is 0 Å². The van der Waals surface area contributed by atoms with E-state index in [1.807, 2.05) is 6.92 Å². The molecule has 6 nitrogen and oxygen atoms in total. The molecule has 1 aromatic carbocycles. The fraction of sp³-hybridized carbons (Fsp3) is 0.263. The summed E-state index contributed by atoms with van der Waals surface area (Å²) in [6.07, 6.45) is 1.75. The molecule has 0 unspecified atom stereocenters. The standard InChI is InChI=1S/C19H20F2N4O2/c1-11-8-16(27-10-13-14(20)4-3-5-15(13)21)18-24-12(2)17(25(18)9-11)19(26)23-7-6-22/h3-5,8-9H,6-7,10,22H2,1-2H3,(H,23,26). The molecule has 0 aliphatic carbocycles. The molecule has 3 rings (SSSR count). The van der Waals surface area contributed by atoms with Gasteiger partial charge in [-0.15, -0.1) is 0 Å². The van der Waals surface area contributed by atoms with Crippen molar-refractivity contribution in [2.45, 2.75) is 20.5 Å². The minimum absolute atomic E-state index is 0.165. The van der Waals surface area contributed by atoms with Crippen LogP contribution in [0.3, 0.4) is 0 Å². The number of hydrogen-bond donors (Lipinski definition) is 2. The van der Waals surface area contributed by atoms with E-state index in [4.69, 9.17) is 10.5 Å². The van der Waals surface area contributed by atoms with Gasteiger partial charge in [0.05, 0.1) is 11.3 Å². The fourth-order valence-electron chi connectivity index (χ4n) is 2.83. The lowest BCUT2D eigenvalue weighted by molar-refractivity contribution is 0.0948. The Kier molecular flexibility index (Phi) is 5.36. The van der Waals surface area contributed by atoms with E-state index in [9.17, 15) is 13.6 Å². The molecule has 0 radical (unpaired) electrons. The molecule has 0 fully saturated rings. The van der Waals surface area contributed by atoms with E-state index < -0.39 is 11.6 Å². The average Bonchev–Trinajstić information content (AvgIpc) is 2.95. The van der Waals surface area contributed by atoms with Crippen molar-refractivity contribution in [3.8, 4) is 5.75 Å². The van der Waals surface area contributed by atoms with Crippen LogP contribution in [0.4, 0.5) is 8.78 Å². The second-order valence-electron chi connectivity index (χ2n) is 6.15. The van der Waals surface area contributed by atoms with Gasteiger partial charge < -0.3 is 15.8 Å². The van der Waals surface area contributed by atoms with Crippen molar-refractivity contribution < 1.29 is 18.3 Å². The number of fused-ring (bicyclic) bond motifs is 1. The number of carbonyl (C=O) groups is 1. The van der Waals surface area contributed by atoms with Gasteiger partial charge in [-0.3, -0.25) is 9.20 Å². The number of pyridine rings is 1. The Balaban J connectivity index is 1.98. The summed E-state index contributed by atoms with van der Waals surface area (Å²) in [6, 6.07) is 5.35. The van der Waals surface area contributed by atoms with Gasteiger partial charge in [0, 0.05) is 19.3 Å². The Labute approximate surface area is 155 Å². The number of nitrogens with zero attached hydrogens (tertiary/aromatic N) is 2. The Hall–Kier alpha value is -3.00. The minimum atomic E-state index is -0.681. The molecular weight excluding hydrogens is 354 g/mol. The average molecular weight is 374 g/mol. The van der Waals surface area contributed by atoms with Gasteiger partial charge in [0.25, 0.3) is 5.91 Å². The number of imidazole rings is 1. The Morgan fingerprint density at radius 3 is 2.67 bits per heavy atom. The summed E-state index contributed by atoms with van der Waals surface area (Å²) < 4.78 is 34.9. The maximum atomic E-state index is 13.8. The number of benzene rings is 1. The van der Waals surface area contributed by atoms with Crippen LogP contribution in [0, 0.1) is 25.5 Å². The largest absolute Gasteiger partial charge is 0.485 e. The van der Waals surface area contributed by atoms with Crippen molar-refractivity contribution in [3.05, 3.63) is 64.6 Å². The number of amides is 1. The summed E-state index contributed by atoms with van der Waals surface area (Å²) in [4.78, 5) is 16.8. The van der Waals surface area contributed by atoms with Crippen molar-refractivity contribution in [3.63, 3.8) is 0 Å². The van der Waals surface area contributed by atoms with Crippen LogP contribution in [0.1, 0.15) is 27.3 Å². The predicted octanol–water partition coefficient (Wildman–Crippen LogP) is 2.50. The number of hydrogen-bond acceptors (Lipinski definition) is 4. The van der Waals surface area contributed by atoms with E-state index in [1.165, 1.54) is 18.2 Å². The first-order valence-corrected chi connectivity index (χ1v) is 8.45. The van der Waals surface area contributed by atoms with Gasteiger partial charge in [-0.1, -0.05) is 6.07 Å². The van der Waals surface area contributed by atoms with E-state index in [2.05, 4.69) is 10.3 Å². The van der Waals surface area contributed by atoms with Gasteiger partial charge in [-0.25, -0.2) is 13.8 Å². The first kappa shape index (κ1) is 18.8. The number of aromatic nitrogens is 2. The molecule has 0 spiro atoms. The number of nitrogens with one attached hydrogen (secondary N) is 1. The van der Waals surface area contributed by atoms with Crippen molar-refractivity contribution in [1.82, 2.24) is 14.7 Å². The van der Waals surface area contributed by atoms with Crippen LogP contribution < -0.4 is 15.8 Å². The molecule has 8 heteroatoms. The number of aryl methyl sites for hydroxylation is 2. The molecule has 142 valence electrons. The molecule has 1 amide bonds. The minimum Gasteiger partial charge on any atom is -0.485 e. The summed E-state index contributed by atoms with van der Waals surface area (Å²) in [5, 5.41) is 2.71.